The number of hydrogen-bond donors (Lipinski definition) is 1. The largest absolute Gasteiger partial charge is 0.490 e. The van der Waals surface area contributed by atoms with Crippen LogP contribution in [-0.4, -0.2) is 42.2 Å². The van der Waals surface area contributed by atoms with Crippen LogP contribution in [0.25, 0.3) is 0 Å². The van der Waals surface area contributed by atoms with Gasteiger partial charge in [-0.05, 0) is 73.4 Å². The van der Waals surface area contributed by atoms with E-state index in [4.69, 9.17) is 4.74 Å². The molecule has 0 saturated heterocycles. The van der Waals surface area contributed by atoms with Crippen LogP contribution in [0.15, 0.2) is 36.4 Å². The van der Waals surface area contributed by atoms with Crippen LogP contribution in [0.2, 0.25) is 0 Å². The number of nitrogens with zero attached hydrogens (tertiary/aromatic N) is 1. The predicted molar refractivity (Wildman–Crippen MR) is 137 cm³/mol. The molecule has 0 fully saturated rings. The Hall–Kier alpha value is -2.33. The maximum Gasteiger partial charge on any atom is 0.253 e. The lowest BCUT2D eigenvalue weighted by atomic mass is 9.70. The summed E-state index contributed by atoms with van der Waals surface area (Å²) in [4.78, 5) is 14.1. The fourth-order valence-electron chi connectivity index (χ4n) is 4.22. The first-order valence-corrected chi connectivity index (χ1v) is 12.0. The van der Waals surface area contributed by atoms with E-state index in [0.29, 0.717) is 0 Å². The molecule has 0 aliphatic rings. The van der Waals surface area contributed by atoms with Gasteiger partial charge in [0.05, 0.1) is 0 Å². The second-order valence-electron chi connectivity index (χ2n) is 10.8. The van der Waals surface area contributed by atoms with Crippen molar-refractivity contribution in [2.45, 2.75) is 79.2 Å². The normalized spacial score (nSPS) is 14.0. The number of hydrogen-bond acceptors (Lipinski definition) is 3. The molecule has 4 heteroatoms. The first-order chi connectivity index (χ1) is 15.2. The number of aliphatic hydroxyl groups is 1. The Balaban J connectivity index is 2.42. The van der Waals surface area contributed by atoms with Crippen molar-refractivity contribution in [2.24, 2.45) is 5.41 Å². The Morgan fingerprint density at radius 2 is 1.42 bits per heavy atom. The summed E-state index contributed by atoms with van der Waals surface area (Å²) in [5, 5.41) is 10.8. The molecule has 182 valence electrons. The Morgan fingerprint density at radius 3 is 1.85 bits per heavy atom. The van der Waals surface area contributed by atoms with Crippen molar-refractivity contribution < 1.29 is 14.6 Å². The third kappa shape index (κ3) is 5.43. The van der Waals surface area contributed by atoms with E-state index in [-0.39, 0.29) is 23.3 Å². The van der Waals surface area contributed by atoms with Crippen LogP contribution in [0.3, 0.4) is 0 Å². The molecule has 1 amide bonds. The monoisotopic (exact) mass is 453 g/mol. The summed E-state index contributed by atoms with van der Waals surface area (Å²) in [7, 11) is 3.57. The molecule has 2 aromatic carbocycles. The van der Waals surface area contributed by atoms with Crippen LogP contribution < -0.4 is 4.74 Å². The number of ether oxygens (including phenoxy) is 1. The number of amides is 1. The summed E-state index contributed by atoms with van der Waals surface area (Å²) in [5.41, 5.74) is 3.91. The summed E-state index contributed by atoms with van der Waals surface area (Å²) in [5.74, 6) is 0.827. The van der Waals surface area contributed by atoms with Gasteiger partial charge in [-0.15, -0.1) is 0 Å². The summed E-state index contributed by atoms with van der Waals surface area (Å²) >= 11 is 0. The lowest BCUT2D eigenvalue weighted by Gasteiger charge is -2.37. The molecule has 0 aromatic heterocycles. The average Bonchev–Trinajstić information content (AvgIpc) is 2.73. The molecule has 33 heavy (non-hydrogen) atoms. The van der Waals surface area contributed by atoms with E-state index in [9.17, 15) is 9.90 Å². The molecule has 1 unspecified atom stereocenters. The molecule has 0 aliphatic carbocycles. The lowest BCUT2D eigenvalue weighted by Crippen LogP contribution is -2.45. The molecule has 0 aliphatic heterocycles. The van der Waals surface area contributed by atoms with E-state index < -0.39 is 5.60 Å². The molecule has 0 radical (unpaired) electrons. The van der Waals surface area contributed by atoms with E-state index in [0.717, 1.165) is 35.3 Å². The number of aryl methyl sites for hydroxylation is 2. The van der Waals surface area contributed by atoms with Gasteiger partial charge in [0.1, 0.15) is 18.0 Å². The topological polar surface area (TPSA) is 49.8 Å². The molecule has 0 heterocycles. The highest BCUT2D eigenvalue weighted by molar-refractivity contribution is 5.95. The third-order valence-electron chi connectivity index (χ3n) is 7.47. The van der Waals surface area contributed by atoms with Gasteiger partial charge in [-0.25, -0.2) is 0 Å². The SMILES string of the molecule is CCC(CC)(c1ccc(OCC(C)(O)C(C)(C)C)c(C)c1)c1ccc(C(=O)N(C)C)c(C)c1. The number of carbonyl (C=O) groups is 1. The molecule has 1 atom stereocenters. The standard InChI is InChI=1S/C29H43NO3/c1-11-29(12-2,22-13-15-24(20(3)17-22)26(31)30(9)10)23-14-16-25(21(4)18-23)33-19-28(8,32)27(5,6)7/h13-18,32H,11-12,19H2,1-10H3. The minimum absolute atomic E-state index is 0.0288. The van der Waals surface area contributed by atoms with Gasteiger partial charge < -0.3 is 14.7 Å². The van der Waals surface area contributed by atoms with Gasteiger partial charge >= 0.3 is 0 Å². The van der Waals surface area contributed by atoms with Crippen molar-refractivity contribution in [2.75, 3.05) is 20.7 Å². The highest BCUT2D eigenvalue weighted by Crippen LogP contribution is 2.41. The zero-order valence-electron chi connectivity index (χ0n) is 22.3. The van der Waals surface area contributed by atoms with Crippen LogP contribution in [-0.2, 0) is 5.41 Å². The van der Waals surface area contributed by atoms with Crippen LogP contribution in [0.1, 0.15) is 87.0 Å². The van der Waals surface area contributed by atoms with Crippen molar-refractivity contribution in [3.05, 3.63) is 64.2 Å². The van der Waals surface area contributed by atoms with Crippen molar-refractivity contribution in [3.63, 3.8) is 0 Å². The summed E-state index contributed by atoms with van der Waals surface area (Å²) in [6.45, 7) is 16.6. The first-order valence-electron chi connectivity index (χ1n) is 12.0. The minimum atomic E-state index is -0.933. The van der Waals surface area contributed by atoms with Crippen LogP contribution in [0.4, 0.5) is 0 Å². The molecule has 0 saturated carbocycles. The average molecular weight is 454 g/mol. The number of benzene rings is 2. The maximum absolute atomic E-state index is 12.5. The summed E-state index contributed by atoms with van der Waals surface area (Å²) in [6, 6.07) is 12.6. The minimum Gasteiger partial charge on any atom is -0.490 e. The van der Waals surface area contributed by atoms with Crippen molar-refractivity contribution >= 4 is 5.91 Å². The Bertz CT molecular complexity index is 979. The van der Waals surface area contributed by atoms with Crippen molar-refractivity contribution in [1.82, 2.24) is 4.90 Å². The smallest absolute Gasteiger partial charge is 0.253 e. The summed E-state index contributed by atoms with van der Waals surface area (Å²) in [6.07, 6.45) is 1.89. The van der Waals surface area contributed by atoms with Gasteiger partial charge in [0, 0.05) is 25.1 Å². The van der Waals surface area contributed by atoms with Gasteiger partial charge in [-0.2, -0.15) is 0 Å². The zero-order chi connectivity index (χ0) is 25.2. The Kier molecular flexibility index (Phi) is 8.06. The molecule has 4 nitrogen and oxygen atoms in total. The van der Waals surface area contributed by atoms with Gasteiger partial charge in [0.2, 0.25) is 0 Å². The lowest BCUT2D eigenvalue weighted by molar-refractivity contribution is -0.0725. The molecule has 1 N–H and O–H groups in total. The predicted octanol–water partition coefficient (Wildman–Crippen LogP) is 6.29. The Labute approximate surface area is 201 Å². The van der Waals surface area contributed by atoms with Gasteiger partial charge in [-0.3, -0.25) is 4.79 Å². The van der Waals surface area contributed by atoms with E-state index in [1.807, 2.05) is 46.8 Å². The fraction of sp³-hybridized carbons (Fsp3) is 0.552. The Morgan fingerprint density at radius 1 is 0.909 bits per heavy atom. The number of rotatable bonds is 8. The quantitative estimate of drug-likeness (QED) is 0.511. The second-order valence-corrected chi connectivity index (χ2v) is 10.8. The number of carbonyl (C=O) groups excluding carboxylic acids is 1. The maximum atomic E-state index is 12.5. The van der Waals surface area contributed by atoms with E-state index in [1.165, 1.54) is 11.1 Å². The van der Waals surface area contributed by atoms with Crippen molar-refractivity contribution in [1.29, 1.82) is 0 Å². The zero-order valence-corrected chi connectivity index (χ0v) is 22.3. The molecule has 2 rings (SSSR count). The molecular formula is C29H43NO3. The van der Waals surface area contributed by atoms with Crippen molar-refractivity contribution in [3.8, 4) is 5.75 Å². The van der Waals surface area contributed by atoms with Gasteiger partial charge in [0.15, 0.2) is 0 Å². The molecular weight excluding hydrogens is 410 g/mol. The highest BCUT2D eigenvalue weighted by atomic mass is 16.5. The highest BCUT2D eigenvalue weighted by Gasteiger charge is 2.36. The fourth-order valence-corrected chi connectivity index (χ4v) is 4.22. The van der Waals surface area contributed by atoms with Crippen LogP contribution in [0, 0.1) is 19.3 Å². The van der Waals surface area contributed by atoms with Gasteiger partial charge in [0.25, 0.3) is 5.91 Å². The van der Waals surface area contributed by atoms with Gasteiger partial charge in [-0.1, -0.05) is 58.9 Å². The molecule has 0 bridgehead atoms. The van der Waals surface area contributed by atoms with Crippen LogP contribution in [0.5, 0.6) is 5.75 Å². The molecule has 2 aromatic rings. The first kappa shape index (κ1) is 26.9. The van der Waals surface area contributed by atoms with Crippen LogP contribution >= 0.6 is 0 Å². The van der Waals surface area contributed by atoms with E-state index >= 15 is 0 Å². The second kappa shape index (κ2) is 9.89. The van der Waals surface area contributed by atoms with E-state index in [2.05, 4.69) is 45.0 Å². The molecule has 0 spiro atoms. The third-order valence-corrected chi connectivity index (χ3v) is 7.47. The van der Waals surface area contributed by atoms with E-state index in [1.54, 1.807) is 19.0 Å². The summed E-state index contributed by atoms with van der Waals surface area (Å²) < 4.78 is 6.06.